The first-order valence-corrected chi connectivity index (χ1v) is 9.82. The van der Waals surface area contributed by atoms with E-state index >= 15 is 0 Å². The summed E-state index contributed by atoms with van der Waals surface area (Å²) in [4.78, 5) is 25.6. The number of carbonyl (C=O) groups is 1. The maximum Gasteiger partial charge on any atom is 0.271 e. The van der Waals surface area contributed by atoms with Crippen LogP contribution in [0.3, 0.4) is 0 Å². The number of rotatable bonds is 6. The highest BCUT2D eigenvalue weighted by atomic mass is 16.1. The summed E-state index contributed by atoms with van der Waals surface area (Å²) in [5.41, 5.74) is 10.6. The third-order valence-electron chi connectivity index (χ3n) is 5.28. The summed E-state index contributed by atoms with van der Waals surface area (Å²) < 4.78 is 0. The Morgan fingerprint density at radius 2 is 1.89 bits per heavy atom. The van der Waals surface area contributed by atoms with Crippen LogP contribution in [0.25, 0.3) is 0 Å². The molecular weight excluding hydrogens is 352 g/mol. The van der Waals surface area contributed by atoms with Gasteiger partial charge in [-0.3, -0.25) is 9.69 Å². The maximum absolute atomic E-state index is 11.8. The van der Waals surface area contributed by atoms with Crippen LogP contribution in [-0.4, -0.2) is 58.9 Å². The summed E-state index contributed by atoms with van der Waals surface area (Å²) in [6, 6.07) is 6.35. The Morgan fingerprint density at radius 1 is 1.18 bits per heavy atom. The van der Waals surface area contributed by atoms with Crippen molar-refractivity contribution in [2.75, 3.05) is 38.5 Å². The van der Waals surface area contributed by atoms with E-state index in [1.165, 1.54) is 5.56 Å². The predicted octanol–water partition coefficient (Wildman–Crippen LogP) is 2.25. The molecule has 7 heteroatoms. The second kappa shape index (κ2) is 8.67. The SMILES string of the molecule is CCc1nc(C(N)=O)c(Nc2ccc(CN3CCN(C)CC3)cc2C)nc1C. The van der Waals surface area contributed by atoms with E-state index in [9.17, 15) is 4.79 Å². The molecule has 0 atom stereocenters. The van der Waals surface area contributed by atoms with Crippen LogP contribution in [0, 0.1) is 13.8 Å². The second-order valence-electron chi connectivity index (χ2n) is 7.52. The molecule has 0 bridgehead atoms. The summed E-state index contributed by atoms with van der Waals surface area (Å²) in [7, 11) is 2.17. The van der Waals surface area contributed by atoms with Crippen molar-refractivity contribution in [2.45, 2.75) is 33.7 Å². The van der Waals surface area contributed by atoms with Crippen LogP contribution in [0.1, 0.15) is 39.9 Å². The molecule has 1 aliphatic heterocycles. The van der Waals surface area contributed by atoms with Crippen molar-refractivity contribution in [1.29, 1.82) is 0 Å². The summed E-state index contributed by atoms with van der Waals surface area (Å²) in [5.74, 6) is -0.161. The lowest BCUT2D eigenvalue weighted by molar-refractivity contribution is 0.0996. The van der Waals surface area contributed by atoms with Crippen molar-refractivity contribution in [1.82, 2.24) is 19.8 Å². The third-order valence-corrected chi connectivity index (χ3v) is 5.28. The molecule has 7 nitrogen and oxygen atoms in total. The smallest absolute Gasteiger partial charge is 0.271 e. The molecule has 1 fully saturated rings. The number of nitrogens with one attached hydrogen (secondary N) is 1. The first-order chi connectivity index (χ1) is 13.4. The molecule has 3 N–H and O–H groups in total. The van der Waals surface area contributed by atoms with Crippen LogP contribution in [0.5, 0.6) is 0 Å². The number of nitrogens with zero attached hydrogens (tertiary/aromatic N) is 4. The van der Waals surface area contributed by atoms with E-state index in [0.29, 0.717) is 12.2 Å². The lowest BCUT2D eigenvalue weighted by atomic mass is 10.1. The number of hydrogen-bond donors (Lipinski definition) is 2. The number of piperazine rings is 1. The van der Waals surface area contributed by atoms with E-state index in [4.69, 9.17) is 5.73 Å². The summed E-state index contributed by atoms with van der Waals surface area (Å²) in [5, 5.41) is 3.26. The van der Waals surface area contributed by atoms with E-state index in [-0.39, 0.29) is 5.69 Å². The molecule has 2 heterocycles. The number of aromatic nitrogens is 2. The van der Waals surface area contributed by atoms with Crippen molar-refractivity contribution in [3.05, 3.63) is 46.4 Å². The van der Waals surface area contributed by atoms with Crippen LogP contribution in [0.15, 0.2) is 18.2 Å². The zero-order valence-corrected chi connectivity index (χ0v) is 17.2. The summed E-state index contributed by atoms with van der Waals surface area (Å²) in [6.45, 7) is 11.3. The molecule has 0 saturated carbocycles. The quantitative estimate of drug-likeness (QED) is 0.797. The monoisotopic (exact) mass is 382 g/mol. The number of likely N-dealkylation sites (N-methyl/N-ethyl adjacent to an activating group) is 1. The van der Waals surface area contributed by atoms with Crippen LogP contribution in [0.2, 0.25) is 0 Å². The van der Waals surface area contributed by atoms with Gasteiger partial charge in [-0.25, -0.2) is 9.97 Å². The van der Waals surface area contributed by atoms with Gasteiger partial charge in [-0.05, 0) is 44.5 Å². The molecule has 28 heavy (non-hydrogen) atoms. The number of hydrogen-bond acceptors (Lipinski definition) is 6. The Kier molecular flexibility index (Phi) is 6.26. The molecule has 0 radical (unpaired) electrons. The van der Waals surface area contributed by atoms with E-state index in [0.717, 1.165) is 55.4 Å². The van der Waals surface area contributed by atoms with Gasteiger partial charge in [-0.15, -0.1) is 0 Å². The van der Waals surface area contributed by atoms with Gasteiger partial charge in [0.2, 0.25) is 0 Å². The van der Waals surface area contributed by atoms with Crippen molar-refractivity contribution in [2.24, 2.45) is 5.73 Å². The van der Waals surface area contributed by atoms with Crippen molar-refractivity contribution >= 4 is 17.4 Å². The Labute approximate surface area is 167 Å². The van der Waals surface area contributed by atoms with Gasteiger partial charge in [-0.2, -0.15) is 0 Å². The minimum Gasteiger partial charge on any atom is -0.364 e. The molecule has 1 aliphatic rings. The van der Waals surface area contributed by atoms with Crippen LogP contribution in [0.4, 0.5) is 11.5 Å². The first-order valence-electron chi connectivity index (χ1n) is 9.82. The molecule has 1 saturated heterocycles. The lowest BCUT2D eigenvalue weighted by Crippen LogP contribution is -2.43. The second-order valence-corrected chi connectivity index (χ2v) is 7.52. The highest BCUT2D eigenvalue weighted by Crippen LogP contribution is 2.24. The highest BCUT2D eigenvalue weighted by molar-refractivity contribution is 5.96. The number of carbonyl (C=O) groups excluding carboxylic acids is 1. The van der Waals surface area contributed by atoms with Gasteiger partial charge in [0.1, 0.15) is 0 Å². The van der Waals surface area contributed by atoms with Gasteiger partial charge >= 0.3 is 0 Å². The number of nitrogens with two attached hydrogens (primary N) is 1. The normalized spacial score (nSPS) is 15.6. The number of primary amides is 1. The first kappa shape index (κ1) is 20.2. The Morgan fingerprint density at radius 3 is 2.50 bits per heavy atom. The van der Waals surface area contributed by atoms with Gasteiger partial charge in [0.25, 0.3) is 5.91 Å². The number of benzene rings is 1. The van der Waals surface area contributed by atoms with Gasteiger partial charge in [0.05, 0.1) is 11.4 Å². The fourth-order valence-electron chi connectivity index (χ4n) is 3.50. The van der Waals surface area contributed by atoms with Gasteiger partial charge in [0.15, 0.2) is 11.5 Å². The molecule has 3 rings (SSSR count). The Bertz CT molecular complexity index is 858. The summed E-state index contributed by atoms with van der Waals surface area (Å²) in [6.07, 6.45) is 0.708. The van der Waals surface area contributed by atoms with Crippen LogP contribution in [-0.2, 0) is 13.0 Å². The van der Waals surface area contributed by atoms with Crippen molar-refractivity contribution in [3.63, 3.8) is 0 Å². The topological polar surface area (TPSA) is 87.4 Å². The average molecular weight is 383 g/mol. The predicted molar refractivity (Wildman–Crippen MR) is 112 cm³/mol. The van der Waals surface area contributed by atoms with Crippen LogP contribution < -0.4 is 11.1 Å². The zero-order chi connectivity index (χ0) is 20.3. The van der Waals surface area contributed by atoms with Gasteiger partial charge in [0, 0.05) is 38.4 Å². The maximum atomic E-state index is 11.8. The molecule has 150 valence electrons. The number of anilines is 2. The highest BCUT2D eigenvalue weighted by Gasteiger charge is 2.17. The largest absolute Gasteiger partial charge is 0.364 e. The molecule has 0 aliphatic carbocycles. The van der Waals surface area contributed by atoms with Crippen molar-refractivity contribution < 1.29 is 4.79 Å². The fraction of sp³-hybridized carbons (Fsp3) is 0.476. The van der Waals surface area contributed by atoms with E-state index in [2.05, 4.69) is 51.2 Å². The minimum absolute atomic E-state index is 0.184. The molecule has 0 unspecified atom stereocenters. The molecule has 2 aromatic rings. The van der Waals surface area contributed by atoms with E-state index < -0.39 is 5.91 Å². The standard InChI is InChI=1S/C21H30N6O/c1-5-17-15(3)23-21(19(24-17)20(22)28)25-18-7-6-16(12-14(18)2)13-27-10-8-26(4)9-11-27/h6-7,12H,5,8-11,13H2,1-4H3,(H2,22,28)(H,23,25). The zero-order valence-electron chi connectivity index (χ0n) is 17.2. The minimum atomic E-state index is -0.575. The molecule has 1 aromatic carbocycles. The van der Waals surface area contributed by atoms with Crippen LogP contribution >= 0.6 is 0 Å². The Hall–Kier alpha value is -2.51. The number of aryl methyl sites for hydroxylation is 3. The fourth-order valence-corrected chi connectivity index (χ4v) is 3.50. The van der Waals surface area contributed by atoms with Gasteiger partial charge < -0.3 is 16.0 Å². The van der Waals surface area contributed by atoms with E-state index in [1.807, 2.05) is 19.9 Å². The average Bonchev–Trinajstić information content (AvgIpc) is 2.65. The van der Waals surface area contributed by atoms with Crippen molar-refractivity contribution in [3.8, 4) is 0 Å². The Balaban J connectivity index is 1.78. The number of amides is 1. The summed E-state index contributed by atoms with van der Waals surface area (Å²) >= 11 is 0. The third kappa shape index (κ3) is 4.66. The molecular formula is C21H30N6O. The molecule has 0 spiro atoms. The molecule has 1 aromatic heterocycles. The van der Waals surface area contributed by atoms with E-state index in [1.54, 1.807) is 0 Å². The van der Waals surface area contributed by atoms with Gasteiger partial charge in [-0.1, -0.05) is 19.1 Å². The lowest BCUT2D eigenvalue weighted by Gasteiger charge is -2.32. The molecule has 1 amide bonds.